The molecule has 0 radical (unpaired) electrons. The van der Waals surface area contributed by atoms with Gasteiger partial charge in [-0.1, -0.05) is 12.1 Å². The zero-order valence-electron chi connectivity index (χ0n) is 10.7. The van der Waals surface area contributed by atoms with E-state index in [-0.39, 0.29) is 11.4 Å². The van der Waals surface area contributed by atoms with Crippen LogP contribution in [0.3, 0.4) is 0 Å². The molecule has 0 heterocycles. The van der Waals surface area contributed by atoms with Crippen LogP contribution in [0.4, 0.5) is 23.2 Å². The van der Waals surface area contributed by atoms with Crippen LogP contribution in [0.5, 0.6) is 5.75 Å². The van der Waals surface area contributed by atoms with Gasteiger partial charge in [-0.05, 0) is 18.2 Å². The van der Waals surface area contributed by atoms with E-state index in [9.17, 15) is 22.4 Å². The van der Waals surface area contributed by atoms with E-state index in [1.807, 2.05) is 0 Å². The Labute approximate surface area is 117 Å². The summed E-state index contributed by atoms with van der Waals surface area (Å²) in [6.07, 6.45) is 0. The molecule has 1 N–H and O–H groups in total. The van der Waals surface area contributed by atoms with Gasteiger partial charge in [0, 0.05) is 0 Å². The number of ether oxygens (including phenoxy) is 1. The molecule has 0 saturated carbocycles. The van der Waals surface area contributed by atoms with Crippen LogP contribution < -0.4 is 10.1 Å². The number of amides is 1. The lowest BCUT2D eigenvalue weighted by molar-refractivity contribution is 0.102. The third kappa shape index (κ3) is 2.81. The Morgan fingerprint density at radius 3 is 2.38 bits per heavy atom. The number of hydrogen-bond donors (Lipinski definition) is 1. The molecule has 0 aliphatic heterocycles. The van der Waals surface area contributed by atoms with Gasteiger partial charge in [0.15, 0.2) is 23.3 Å². The number of methoxy groups -OCH3 is 1. The van der Waals surface area contributed by atoms with E-state index < -0.39 is 34.7 Å². The number of para-hydroxylation sites is 2. The molecule has 0 fully saturated rings. The summed E-state index contributed by atoms with van der Waals surface area (Å²) in [6.45, 7) is 0. The number of hydrogen-bond acceptors (Lipinski definition) is 2. The zero-order valence-corrected chi connectivity index (χ0v) is 10.7. The maximum atomic E-state index is 13.5. The molecule has 0 aliphatic rings. The fourth-order valence-corrected chi connectivity index (χ4v) is 1.68. The Balaban J connectivity index is 2.38. The summed E-state index contributed by atoms with van der Waals surface area (Å²) >= 11 is 0. The first kappa shape index (κ1) is 14.8. The number of anilines is 1. The third-order valence-electron chi connectivity index (χ3n) is 2.70. The van der Waals surface area contributed by atoms with Crippen LogP contribution in [0, 0.1) is 23.3 Å². The smallest absolute Gasteiger partial charge is 0.258 e. The Kier molecular flexibility index (Phi) is 4.11. The summed E-state index contributed by atoms with van der Waals surface area (Å²) in [6, 6.07) is 6.47. The second-order valence-electron chi connectivity index (χ2n) is 4.00. The molecule has 21 heavy (non-hydrogen) atoms. The summed E-state index contributed by atoms with van der Waals surface area (Å²) in [5.74, 6) is -8.29. The van der Waals surface area contributed by atoms with Gasteiger partial charge in [0.2, 0.25) is 0 Å². The van der Waals surface area contributed by atoms with Gasteiger partial charge in [-0.3, -0.25) is 4.79 Å². The van der Waals surface area contributed by atoms with Gasteiger partial charge < -0.3 is 10.1 Å². The Morgan fingerprint density at radius 1 is 1.05 bits per heavy atom. The monoisotopic (exact) mass is 299 g/mol. The maximum absolute atomic E-state index is 13.5. The van der Waals surface area contributed by atoms with Crippen molar-refractivity contribution in [2.75, 3.05) is 12.4 Å². The largest absolute Gasteiger partial charge is 0.495 e. The van der Waals surface area contributed by atoms with Gasteiger partial charge in [-0.2, -0.15) is 0 Å². The van der Waals surface area contributed by atoms with Crippen molar-refractivity contribution in [3.63, 3.8) is 0 Å². The van der Waals surface area contributed by atoms with Gasteiger partial charge in [0.1, 0.15) is 5.75 Å². The first-order valence-electron chi connectivity index (χ1n) is 5.73. The summed E-state index contributed by atoms with van der Waals surface area (Å²) in [7, 11) is 1.35. The number of carbonyl (C=O) groups excluding carboxylic acids is 1. The first-order valence-corrected chi connectivity index (χ1v) is 5.73. The first-order chi connectivity index (χ1) is 9.95. The van der Waals surface area contributed by atoms with Crippen LogP contribution in [-0.2, 0) is 0 Å². The fourth-order valence-electron chi connectivity index (χ4n) is 1.68. The van der Waals surface area contributed by atoms with Crippen molar-refractivity contribution < 1.29 is 27.1 Å². The predicted octanol–water partition coefficient (Wildman–Crippen LogP) is 3.50. The molecule has 2 aromatic carbocycles. The number of halogens is 4. The predicted molar refractivity (Wildman–Crippen MR) is 67.2 cm³/mol. The van der Waals surface area contributed by atoms with E-state index >= 15 is 0 Å². The summed E-state index contributed by atoms with van der Waals surface area (Å²) < 4.78 is 57.5. The van der Waals surface area contributed by atoms with Crippen LogP contribution in [-0.4, -0.2) is 13.0 Å². The summed E-state index contributed by atoms with van der Waals surface area (Å²) in [5.41, 5.74) is -0.771. The Bertz CT molecular complexity index is 704. The maximum Gasteiger partial charge on any atom is 0.258 e. The van der Waals surface area contributed by atoms with Gasteiger partial charge in [-0.15, -0.1) is 0 Å². The number of benzene rings is 2. The van der Waals surface area contributed by atoms with E-state index in [0.29, 0.717) is 6.07 Å². The van der Waals surface area contributed by atoms with Crippen molar-refractivity contribution >= 4 is 11.6 Å². The summed E-state index contributed by atoms with van der Waals surface area (Å²) in [4.78, 5) is 11.9. The molecule has 0 spiro atoms. The average Bonchev–Trinajstić information content (AvgIpc) is 2.49. The standard InChI is InChI=1S/C14H9F4NO2/c1-21-10-5-3-2-4-9(10)19-14(20)7-6-8(15)12(17)13(18)11(7)16/h2-6H,1H3,(H,19,20). The van der Waals surface area contributed by atoms with E-state index in [1.54, 1.807) is 12.1 Å². The minimum atomic E-state index is -2.04. The quantitative estimate of drug-likeness (QED) is 0.535. The Hall–Kier alpha value is -2.57. The minimum Gasteiger partial charge on any atom is -0.495 e. The molecule has 3 nitrogen and oxygen atoms in total. The Morgan fingerprint density at radius 2 is 1.71 bits per heavy atom. The molecular formula is C14H9F4NO2. The van der Waals surface area contributed by atoms with E-state index in [0.717, 1.165) is 0 Å². The minimum absolute atomic E-state index is 0.176. The van der Waals surface area contributed by atoms with Gasteiger partial charge in [0.05, 0.1) is 18.4 Å². The van der Waals surface area contributed by atoms with Crippen molar-refractivity contribution in [2.24, 2.45) is 0 Å². The van der Waals surface area contributed by atoms with Crippen molar-refractivity contribution in [3.05, 3.63) is 59.2 Å². The lowest BCUT2D eigenvalue weighted by Crippen LogP contribution is -2.16. The van der Waals surface area contributed by atoms with Crippen molar-refractivity contribution in [1.29, 1.82) is 0 Å². The average molecular weight is 299 g/mol. The molecule has 0 bridgehead atoms. The molecule has 110 valence electrons. The SMILES string of the molecule is COc1ccccc1NC(=O)c1cc(F)c(F)c(F)c1F. The van der Waals surface area contributed by atoms with Gasteiger partial charge >= 0.3 is 0 Å². The van der Waals surface area contributed by atoms with E-state index in [4.69, 9.17) is 4.74 Å². The number of carbonyl (C=O) groups is 1. The molecule has 0 atom stereocenters. The lowest BCUT2D eigenvalue weighted by Gasteiger charge is -2.10. The molecule has 0 aromatic heterocycles. The van der Waals surface area contributed by atoms with Gasteiger partial charge in [-0.25, -0.2) is 17.6 Å². The zero-order chi connectivity index (χ0) is 15.6. The van der Waals surface area contributed by atoms with Crippen LogP contribution >= 0.6 is 0 Å². The molecule has 7 heteroatoms. The highest BCUT2D eigenvalue weighted by Gasteiger charge is 2.23. The van der Waals surface area contributed by atoms with E-state index in [2.05, 4.69) is 5.32 Å². The topological polar surface area (TPSA) is 38.3 Å². The molecule has 1 amide bonds. The van der Waals surface area contributed by atoms with Crippen molar-refractivity contribution in [3.8, 4) is 5.75 Å². The molecule has 0 unspecified atom stereocenters. The van der Waals surface area contributed by atoms with E-state index in [1.165, 1.54) is 19.2 Å². The highest BCUT2D eigenvalue weighted by atomic mass is 19.2. The summed E-state index contributed by atoms with van der Waals surface area (Å²) in [5, 5.41) is 2.23. The number of nitrogens with one attached hydrogen (secondary N) is 1. The molecule has 2 rings (SSSR count). The van der Waals surface area contributed by atoms with Crippen molar-refractivity contribution in [2.45, 2.75) is 0 Å². The fraction of sp³-hybridized carbons (Fsp3) is 0.0714. The van der Waals surface area contributed by atoms with Gasteiger partial charge in [0.25, 0.3) is 5.91 Å². The molecule has 0 saturated heterocycles. The normalized spacial score (nSPS) is 10.3. The second kappa shape index (κ2) is 5.82. The van der Waals surface area contributed by atoms with Crippen molar-refractivity contribution in [1.82, 2.24) is 0 Å². The lowest BCUT2D eigenvalue weighted by atomic mass is 10.1. The highest BCUT2D eigenvalue weighted by Crippen LogP contribution is 2.25. The molecule has 0 aliphatic carbocycles. The third-order valence-corrected chi connectivity index (χ3v) is 2.70. The van der Waals surface area contributed by atoms with Crippen LogP contribution in [0.1, 0.15) is 10.4 Å². The van der Waals surface area contributed by atoms with Crippen LogP contribution in [0.2, 0.25) is 0 Å². The molecular weight excluding hydrogens is 290 g/mol. The second-order valence-corrected chi connectivity index (χ2v) is 4.00. The van der Waals surface area contributed by atoms with Crippen LogP contribution in [0.25, 0.3) is 0 Å². The molecule has 2 aromatic rings. The van der Waals surface area contributed by atoms with Crippen LogP contribution in [0.15, 0.2) is 30.3 Å². The number of rotatable bonds is 3. The highest BCUT2D eigenvalue weighted by molar-refractivity contribution is 6.05.